The Morgan fingerprint density at radius 1 is 1.33 bits per heavy atom. The van der Waals surface area contributed by atoms with Gasteiger partial charge in [-0.05, 0) is 31.5 Å². The van der Waals surface area contributed by atoms with E-state index in [9.17, 15) is 4.79 Å². The van der Waals surface area contributed by atoms with Gasteiger partial charge < -0.3 is 14.4 Å². The lowest BCUT2D eigenvalue weighted by Gasteiger charge is -2.35. The SMILES string of the molecule is CCN1CCC(N(C)C(=O)/C=C/c2cn(CCC#N)c3ccccc23)CC1. The minimum atomic E-state index is 0.0544. The first kappa shape index (κ1) is 19.2. The highest BCUT2D eigenvalue weighted by Gasteiger charge is 2.23. The molecule has 0 saturated carbocycles. The first-order valence-corrected chi connectivity index (χ1v) is 9.76. The molecule has 142 valence electrons. The van der Waals surface area contributed by atoms with Crippen LogP contribution in [-0.4, -0.2) is 53.0 Å². The van der Waals surface area contributed by atoms with Crippen LogP contribution in [0, 0.1) is 11.3 Å². The summed E-state index contributed by atoms with van der Waals surface area (Å²) in [5.74, 6) is 0.0544. The van der Waals surface area contributed by atoms with E-state index in [4.69, 9.17) is 5.26 Å². The molecule has 1 amide bonds. The van der Waals surface area contributed by atoms with Gasteiger partial charge in [-0.1, -0.05) is 25.1 Å². The second kappa shape index (κ2) is 8.88. The quantitative estimate of drug-likeness (QED) is 0.737. The van der Waals surface area contributed by atoms with E-state index in [0.29, 0.717) is 19.0 Å². The van der Waals surface area contributed by atoms with E-state index >= 15 is 0 Å². The maximum Gasteiger partial charge on any atom is 0.246 e. The number of benzene rings is 1. The van der Waals surface area contributed by atoms with Crippen LogP contribution in [0.1, 0.15) is 31.7 Å². The topological polar surface area (TPSA) is 52.3 Å². The van der Waals surface area contributed by atoms with Gasteiger partial charge in [0.25, 0.3) is 0 Å². The number of aryl methyl sites for hydroxylation is 1. The van der Waals surface area contributed by atoms with Gasteiger partial charge in [0, 0.05) is 61.5 Å². The van der Waals surface area contributed by atoms with Crippen molar-refractivity contribution in [1.29, 1.82) is 5.26 Å². The van der Waals surface area contributed by atoms with E-state index in [-0.39, 0.29) is 5.91 Å². The molecule has 0 unspecified atom stereocenters. The number of aromatic nitrogens is 1. The lowest BCUT2D eigenvalue weighted by atomic mass is 10.0. The van der Waals surface area contributed by atoms with Crippen LogP contribution < -0.4 is 0 Å². The third-order valence-corrected chi connectivity index (χ3v) is 5.59. The average molecular weight is 364 g/mol. The van der Waals surface area contributed by atoms with Crippen molar-refractivity contribution in [1.82, 2.24) is 14.4 Å². The summed E-state index contributed by atoms with van der Waals surface area (Å²) in [7, 11) is 1.91. The zero-order valence-corrected chi connectivity index (χ0v) is 16.3. The van der Waals surface area contributed by atoms with Gasteiger partial charge in [0.2, 0.25) is 5.91 Å². The number of likely N-dealkylation sites (tertiary alicyclic amines) is 1. The van der Waals surface area contributed by atoms with E-state index in [1.54, 1.807) is 6.08 Å². The molecule has 0 atom stereocenters. The minimum Gasteiger partial charge on any atom is -0.346 e. The second-order valence-electron chi connectivity index (χ2n) is 7.15. The molecule has 0 bridgehead atoms. The van der Waals surface area contributed by atoms with Crippen molar-refractivity contribution in [2.75, 3.05) is 26.7 Å². The number of rotatable bonds is 6. The first-order valence-electron chi connectivity index (χ1n) is 9.76. The van der Waals surface area contributed by atoms with E-state index < -0.39 is 0 Å². The number of fused-ring (bicyclic) bond motifs is 1. The first-order chi connectivity index (χ1) is 13.1. The summed E-state index contributed by atoms with van der Waals surface area (Å²) in [6.07, 6.45) is 8.17. The molecule has 1 aliphatic rings. The van der Waals surface area contributed by atoms with Crippen molar-refractivity contribution >= 4 is 22.9 Å². The molecule has 2 heterocycles. The van der Waals surface area contributed by atoms with Crippen LogP contribution in [-0.2, 0) is 11.3 Å². The molecule has 1 saturated heterocycles. The molecule has 5 heteroatoms. The maximum absolute atomic E-state index is 12.7. The molecule has 0 N–H and O–H groups in total. The summed E-state index contributed by atoms with van der Waals surface area (Å²) in [5.41, 5.74) is 2.12. The number of carbonyl (C=O) groups excluding carboxylic acids is 1. The fourth-order valence-electron chi connectivity index (χ4n) is 3.84. The minimum absolute atomic E-state index is 0.0544. The number of amides is 1. The number of nitriles is 1. The Hall–Kier alpha value is -2.58. The predicted molar refractivity (Wildman–Crippen MR) is 109 cm³/mol. The summed E-state index contributed by atoms with van der Waals surface area (Å²) in [6.45, 7) is 6.06. The molecule has 1 aromatic carbocycles. The summed E-state index contributed by atoms with van der Waals surface area (Å²) in [4.78, 5) is 17.0. The predicted octanol–water partition coefficient (Wildman–Crippen LogP) is 3.51. The molecule has 0 radical (unpaired) electrons. The van der Waals surface area contributed by atoms with Gasteiger partial charge in [0.05, 0.1) is 12.5 Å². The lowest BCUT2D eigenvalue weighted by Crippen LogP contribution is -2.45. The fraction of sp³-hybridized carbons (Fsp3) is 0.455. The van der Waals surface area contributed by atoms with Crippen LogP contribution in [0.25, 0.3) is 17.0 Å². The van der Waals surface area contributed by atoms with Gasteiger partial charge in [-0.15, -0.1) is 0 Å². The molecular weight excluding hydrogens is 336 g/mol. The monoisotopic (exact) mass is 364 g/mol. The summed E-state index contributed by atoms with van der Waals surface area (Å²) >= 11 is 0. The number of likely N-dealkylation sites (N-methyl/N-ethyl adjacent to an activating group) is 1. The normalized spacial score (nSPS) is 16.0. The van der Waals surface area contributed by atoms with Gasteiger partial charge in [-0.25, -0.2) is 0 Å². The summed E-state index contributed by atoms with van der Waals surface area (Å²) < 4.78 is 2.09. The van der Waals surface area contributed by atoms with Crippen molar-refractivity contribution in [2.24, 2.45) is 0 Å². The Bertz CT molecular complexity index is 853. The highest BCUT2D eigenvalue weighted by molar-refractivity contribution is 5.96. The zero-order valence-electron chi connectivity index (χ0n) is 16.3. The van der Waals surface area contributed by atoms with Gasteiger partial charge in [0.15, 0.2) is 0 Å². The van der Waals surface area contributed by atoms with Gasteiger partial charge in [0.1, 0.15) is 0 Å². The molecule has 3 rings (SSSR count). The van der Waals surface area contributed by atoms with Crippen molar-refractivity contribution in [3.05, 3.63) is 42.1 Å². The Labute approximate surface area is 161 Å². The zero-order chi connectivity index (χ0) is 19.2. The van der Waals surface area contributed by atoms with E-state index in [0.717, 1.165) is 48.9 Å². The Kier molecular flexibility index (Phi) is 6.31. The van der Waals surface area contributed by atoms with E-state index in [1.165, 1.54) is 0 Å². The highest BCUT2D eigenvalue weighted by Crippen LogP contribution is 2.23. The summed E-state index contributed by atoms with van der Waals surface area (Å²) in [6, 6.07) is 10.6. The molecule has 0 spiro atoms. The molecule has 1 aromatic heterocycles. The molecule has 1 aliphatic heterocycles. The Morgan fingerprint density at radius 3 is 2.78 bits per heavy atom. The molecule has 5 nitrogen and oxygen atoms in total. The van der Waals surface area contributed by atoms with Crippen LogP contribution in [0.15, 0.2) is 36.5 Å². The molecular formula is C22H28N4O. The van der Waals surface area contributed by atoms with Crippen molar-refractivity contribution in [2.45, 2.75) is 38.8 Å². The third kappa shape index (κ3) is 4.40. The Morgan fingerprint density at radius 2 is 2.07 bits per heavy atom. The number of para-hydroxylation sites is 1. The lowest BCUT2D eigenvalue weighted by molar-refractivity contribution is -0.127. The van der Waals surface area contributed by atoms with E-state index in [1.807, 2.05) is 36.4 Å². The number of hydrogen-bond donors (Lipinski definition) is 0. The van der Waals surface area contributed by atoms with Crippen LogP contribution in [0.4, 0.5) is 0 Å². The van der Waals surface area contributed by atoms with Crippen LogP contribution in [0.2, 0.25) is 0 Å². The summed E-state index contributed by atoms with van der Waals surface area (Å²) in [5, 5.41) is 9.98. The average Bonchev–Trinajstić information content (AvgIpc) is 3.07. The maximum atomic E-state index is 12.7. The van der Waals surface area contributed by atoms with Gasteiger partial charge >= 0.3 is 0 Å². The van der Waals surface area contributed by atoms with Crippen molar-refractivity contribution < 1.29 is 4.79 Å². The number of piperidine rings is 1. The highest BCUT2D eigenvalue weighted by atomic mass is 16.2. The van der Waals surface area contributed by atoms with Crippen LogP contribution in [0.5, 0.6) is 0 Å². The molecule has 27 heavy (non-hydrogen) atoms. The standard InChI is InChI=1S/C22H28N4O/c1-3-25-15-11-19(12-16-25)24(2)22(27)10-9-18-17-26(14-6-13-23)21-8-5-4-7-20(18)21/h4-5,7-10,17,19H,3,6,11-12,14-16H2,1-2H3/b10-9+. The smallest absolute Gasteiger partial charge is 0.246 e. The van der Waals surface area contributed by atoms with Gasteiger partial charge in [-0.2, -0.15) is 5.26 Å². The molecule has 1 fully saturated rings. The fourth-order valence-corrected chi connectivity index (χ4v) is 3.84. The third-order valence-electron chi connectivity index (χ3n) is 5.59. The van der Waals surface area contributed by atoms with E-state index in [2.05, 4.69) is 34.6 Å². The molecule has 2 aromatic rings. The number of carbonyl (C=O) groups is 1. The second-order valence-corrected chi connectivity index (χ2v) is 7.15. The van der Waals surface area contributed by atoms with Gasteiger partial charge in [-0.3, -0.25) is 4.79 Å². The van der Waals surface area contributed by atoms with Crippen molar-refractivity contribution in [3.8, 4) is 6.07 Å². The van der Waals surface area contributed by atoms with Crippen LogP contribution in [0.3, 0.4) is 0 Å². The number of hydrogen-bond acceptors (Lipinski definition) is 3. The Balaban J connectivity index is 1.72. The number of nitrogens with zero attached hydrogens (tertiary/aromatic N) is 4. The largest absolute Gasteiger partial charge is 0.346 e. The molecule has 0 aliphatic carbocycles. The van der Waals surface area contributed by atoms with Crippen LogP contribution >= 0.6 is 0 Å². The van der Waals surface area contributed by atoms with Crippen molar-refractivity contribution in [3.63, 3.8) is 0 Å².